The Morgan fingerprint density at radius 2 is 1.76 bits per heavy atom. The Morgan fingerprint density at radius 1 is 1.10 bits per heavy atom. The third-order valence-corrected chi connectivity index (χ3v) is 2.50. The summed E-state index contributed by atoms with van der Waals surface area (Å²) in [5.74, 6) is -0.864. The van der Waals surface area contributed by atoms with Gasteiger partial charge in [-0.15, -0.1) is 13.2 Å². The molecule has 0 heterocycles. The predicted octanol–water partition coefficient (Wildman–Crippen LogP) is 3.42. The van der Waals surface area contributed by atoms with Gasteiger partial charge >= 0.3 is 6.36 Å². The summed E-state index contributed by atoms with van der Waals surface area (Å²) in [5.41, 5.74) is 6.54. The van der Waals surface area contributed by atoms with Gasteiger partial charge in [0.1, 0.15) is 5.75 Å². The van der Waals surface area contributed by atoms with E-state index in [2.05, 4.69) is 10.1 Å². The fourth-order valence-electron chi connectivity index (χ4n) is 1.61. The lowest BCUT2D eigenvalue weighted by atomic mass is 10.2. The van der Waals surface area contributed by atoms with Crippen LogP contribution in [0.1, 0.15) is 10.4 Å². The maximum absolute atomic E-state index is 12.1. The second kappa shape index (κ2) is 5.74. The number of nitrogens with one attached hydrogen (secondary N) is 1. The minimum Gasteiger partial charge on any atom is -0.406 e. The van der Waals surface area contributed by atoms with Gasteiger partial charge in [-0.1, -0.05) is 6.07 Å². The van der Waals surface area contributed by atoms with Gasteiger partial charge in [-0.05, 0) is 36.4 Å². The van der Waals surface area contributed by atoms with E-state index >= 15 is 0 Å². The van der Waals surface area contributed by atoms with Gasteiger partial charge < -0.3 is 15.8 Å². The van der Waals surface area contributed by atoms with Crippen molar-refractivity contribution in [1.29, 1.82) is 0 Å². The second-order valence-corrected chi connectivity index (χ2v) is 4.15. The highest BCUT2D eigenvalue weighted by molar-refractivity contribution is 6.04. The van der Waals surface area contributed by atoms with Gasteiger partial charge in [0.25, 0.3) is 5.91 Å². The summed E-state index contributed by atoms with van der Waals surface area (Å²) in [7, 11) is 0. The van der Waals surface area contributed by atoms with Crippen LogP contribution in [0.2, 0.25) is 0 Å². The molecule has 0 aliphatic rings. The van der Waals surface area contributed by atoms with Crippen LogP contribution in [0.25, 0.3) is 0 Å². The Kier molecular flexibility index (Phi) is 4.02. The number of amides is 1. The molecule has 7 heteroatoms. The smallest absolute Gasteiger partial charge is 0.406 e. The van der Waals surface area contributed by atoms with E-state index < -0.39 is 18.0 Å². The maximum Gasteiger partial charge on any atom is 0.573 e. The molecule has 0 aliphatic heterocycles. The van der Waals surface area contributed by atoms with E-state index in [1.54, 1.807) is 12.1 Å². The Labute approximate surface area is 118 Å². The van der Waals surface area contributed by atoms with Crippen LogP contribution >= 0.6 is 0 Å². The van der Waals surface area contributed by atoms with Crippen LogP contribution in [0.15, 0.2) is 48.5 Å². The first-order valence-corrected chi connectivity index (χ1v) is 5.86. The molecule has 21 heavy (non-hydrogen) atoms. The monoisotopic (exact) mass is 296 g/mol. The number of benzene rings is 2. The molecule has 1 amide bonds. The average molecular weight is 296 g/mol. The molecule has 0 aliphatic carbocycles. The quantitative estimate of drug-likeness (QED) is 0.853. The molecule has 2 aromatic rings. The van der Waals surface area contributed by atoms with Crippen LogP contribution in [-0.4, -0.2) is 12.3 Å². The molecule has 0 aromatic heterocycles. The molecule has 110 valence electrons. The second-order valence-electron chi connectivity index (χ2n) is 4.15. The summed E-state index contributed by atoms with van der Waals surface area (Å²) in [6.45, 7) is 0. The highest BCUT2D eigenvalue weighted by Crippen LogP contribution is 2.25. The first-order valence-electron chi connectivity index (χ1n) is 5.86. The Morgan fingerprint density at radius 3 is 2.38 bits per heavy atom. The van der Waals surface area contributed by atoms with Gasteiger partial charge in [-0.25, -0.2) is 0 Å². The number of hydrogen-bond acceptors (Lipinski definition) is 3. The largest absolute Gasteiger partial charge is 0.573 e. The van der Waals surface area contributed by atoms with Crippen molar-refractivity contribution in [3.8, 4) is 5.75 Å². The van der Waals surface area contributed by atoms with Gasteiger partial charge in [0.2, 0.25) is 0 Å². The predicted molar refractivity (Wildman–Crippen MR) is 71.9 cm³/mol. The highest BCUT2D eigenvalue weighted by atomic mass is 19.4. The molecule has 0 unspecified atom stereocenters. The zero-order valence-corrected chi connectivity index (χ0v) is 10.6. The molecule has 0 spiro atoms. The summed E-state index contributed by atoms with van der Waals surface area (Å²) < 4.78 is 40.1. The van der Waals surface area contributed by atoms with Gasteiger partial charge in [-0.3, -0.25) is 4.79 Å². The Balaban J connectivity index is 2.10. The van der Waals surface area contributed by atoms with E-state index in [4.69, 9.17) is 5.73 Å². The summed E-state index contributed by atoms with van der Waals surface area (Å²) >= 11 is 0. The number of anilines is 2. The lowest BCUT2D eigenvalue weighted by Crippen LogP contribution is -2.17. The van der Waals surface area contributed by atoms with Crippen molar-refractivity contribution >= 4 is 17.3 Å². The van der Waals surface area contributed by atoms with Crippen molar-refractivity contribution in [2.24, 2.45) is 0 Å². The molecule has 0 bridgehead atoms. The summed E-state index contributed by atoms with van der Waals surface area (Å²) in [6.07, 6.45) is -4.78. The molecule has 4 nitrogen and oxygen atoms in total. The highest BCUT2D eigenvalue weighted by Gasteiger charge is 2.31. The van der Waals surface area contributed by atoms with Crippen LogP contribution in [0.5, 0.6) is 5.75 Å². The van der Waals surface area contributed by atoms with Crippen LogP contribution in [-0.2, 0) is 0 Å². The van der Waals surface area contributed by atoms with Crippen molar-refractivity contribution in [2.45, 2.75) is 6.36 Å². The van der Waals surface area contributed by atoms with Gasteiger partial charge in [0, 0.05) is 23.0 Å². The molecular formula is C14H11F3N2O2. The Bertz CT molecular complexity index is 639. The number of rotatable bonds is 3. The molecule has 0 fully saturated rings. The number of alkyl halides is 3. The molecule has 0 saturated carbocycles. The zero-order chi connectivity index (χ0) is 15.5. The van der Waals surface area contributed by atoms with Crippen LogP contribution < -0.4 is 15.8 Å². The van der Waals surface area contributed by atoms with Crippen LogP contribution in [0.4, 0.5) is 24.5 Å². The normalized spacial score (nSPS) is 11.0. The molecule has 2 rings (SSSR count). The Hall–Kier alpha value is -2.70. The third kappa shape index (κ3) is 4.41. The first-order chi connectivity index (χ1) is 9.83. The van der Waals surface area contributed by atoms with Gasteiger partial charge in [-0.2, -0.15) is 0 Å². The average Bonchev–Trinajstić information content (AvgIpc) is 2.37. The van der Waals surface area contributed by atoms with Crippen molar-refractivity contribution in [3.63, 3.8) is 0 Å². The standard InChI is InChI=1S/C14H11F3N2O2/c15-14(16,17)21-12-3-1-2-11(8-12)19-13(20)9-4-6-10(18)7-5-9/h1-8H,18H2,(H,19,20). The summed E-state index contributed by atoms with van der Waals surface area (Å²) in [5, 5.41) is 2.48. The molecule has 0 radical (unpaired) electrons. The summed E-state index contributed by atoms with van der Waals surface area (Å²) in [6, 6.07) is 11.2. The van der Waals surface area contributed by atoms with E-state index in [1.165, 1.54) is 24.3 Å². The van der Waals surface area contributed by atoms with E-state index in [1.807, 2.05) is 0 Å². The maximum atomic E-state index is 12.1. The summed E-state index contributed by atoms with van der Waals surface area (Å²) in [4.78, 5) is 11.9. The first kappa shape index (κ1) is 14.7. The lowest BCUT2D eigenvalue weighted by Gasteiger charge is -2.10. The van der Waals surface area contributed by atoms with Gasteiger partial charge in [0.05, 0.1) is 0 Å². The molecule has 3 N–H and O–H groups in total. The number of hydrogen-bond donors (Lipinski definition) is 2. The van der Waals surface area contributed by atoms with Gasteiger partial charge in [0.15, 0.2) is 0 Å². The molecular weight excluding hydrogens is 285 g/mol. The fraction of sp³-hybridized carbons (Fsp3) is 0.0714. The zero-order valence-electron chi connectivity index (χ0n) is 10.6. The number of ether oxygens (including phenoxy) is 1. The van der Waals surface area contributed by atoms with Crippen molar-refractivity contribution in [2.75, 3.05) is 11.1 Å². The molecule has 2 aromatic carbocycles. The van der Waals surface area contributed by atoms with Crippen LogP contribution in [0, 0.1) is 0 Å². The SMILES string of the molecule is Nc1ccc(C(=O)Nc2cccc(OC(F)(F)F)c2)cc1. The van der Waals surface area contributed by atoms with Crippen molar-refractivity contribution < 1.29 is 22.7 Å². The number of nitrogens with two attached hydrogens (primary N) is 1. The van der Waals surface area contributed by atoms with E-state index in [0.29, 0.717) is 11.3 Å². The molecule has 0 saturated heterocycles. The van der Waals surface area contributed by atoms with E-state index in [0.717, 1.165) is 12.1 Å². The van der Waals surface area contributed by atoms with Crippen molar-refractivity contribution in [1.82, 2.24) is 0 Å². The minimum atomic E-state index is -4.78. The topological polar surface area (TPSA) is 64.4 Å². The van der Waals surface area contributed by atoms with E-state index in [-0.39, 0.29) is 5.69 Å². The minimum absolute atomic E-state index is 0.193. The number of nitrogen functional groups attached to an aromatic ring is 1. The van der Waals surface area contributed by atoms with Crippen molar-refractivity contribution in [3.05, 3.63) is 54.1 Å². The molecule has 0 atom stereocenters. The lowest BCUT2D eigenvalue weighted by molar-refractivity contribution is -0.274. The van der Waals surface area contributed by atoms with E-state index in [9.17, 15) is 18.0 Å². The van der Waals surface area contributed by atoms with Crippen LogP contribution in [0.3, 0.4) is 0 Å². The fourth-order valence-corrected chi connectivity index (χ4v) is 1.61. The number of halogens is 3. The number of carbonyl (C=O) groups is 1. The number of carbonyl (C=O) groups excluding carboxylic acids is 1. The third-order valence-electron chi connectivity index (χ3n) is 2.50.